The smallest absolute Gasteiger partial charge is 0.404 e. The predicted molar refractivity (Wildman–Crippen MR) is 65.4 cm³/mol. The lowest BCUT2D eigenvalue weighted by atomic mass is 9.85. The van der Waals surface area contributed by atoms with Gasteiger partial charge in [0.2, 0.25) is 0 Å². The number of carbonyl (C=O) groups is 1. The Morgan fingerprint density at radius 1 is 1.58 bits per heavy atom. The Balaban J connectivity index is 2.30. The molecule has 0 unspecified atom stereocenters. The normalized spacial score (nSPS) is 21.8. The maximum Gasteiger partial charge on any atom is 0.404 e. The second-order valence-corrected chi connectivity index (χ2v) is 4.40. The lowest BCUT2D eigenvalue weighted by Crippen LogP contribution is -2.42. The number of aryl methyl sites for hydroxylation is 1. The molecule has 0 saturated heterocycles. The molecule has 0 bridgehead atoms. The van der Waals surface area contributed by atoms with Crippen LogP contribution in [0.4, 0.5) is 9.18 Å². The minimum atomic E-state index is -1.14. The summed E-state index contributed by atoms with van der Waals surface area (Å²) in [6.45, 7) is -0.0176. The number of ether oxygens (including phenoxy) is 2. The highest BCUT2D eigenvalue weighted by Crippen LogP contribution is 2.34. The number of nitrogens with one attached hydrogen (secondary N) is 1. The second kappa shape index (κ2) is 5.99. The molecule has 19 heavy (non-hydrogen) atoms. The van der Waals surface area contributed by atoms with Crippen molar-refractivity contribution in [1.82, 2.24) is 5.32 Å². The monoisotopic (exact) mass is 269 g/mol. The summed E-state index contributed by atoms with van der Waals surface area (Å²) in [5, 5.41) is 11.2. The number of hydrogen-bond acceptors (Lipinski definition) is 3. The molecule has 2 atom stereocenters. The number of fused-ring (bicyclic) bond motifs is 1. The zero-order valence-corrected chi connectivity index (χ0v) is 10.6. The first kappa shape index (κ1) is 13.8. The fourth-order valence-electron chi connectivity index (χ4n) is 2.43. The van der Waals surface area contributed by atoms with Crippen molar-refractivity contribution < 1.29 is 23.8 Å². The van der Waals surface area contributed by atoms with Crippen molar-refractivity contribution in [2.45, 2.75) is 25.0 Å². The third kappa shape index (κ3) is 3.02. The first-order chi connectivity index (χ1) is 9.13. The third-order valence-corrected chi connectivity index (χ3v) is 3.19. The van der Waals surface area contributed by atoms with E-state index in [4.69, 9.17) is 14.6 Å². The Bertz CT molecular complexity index is 466. The quantitative estimate of drug-likeness (QED) is 0.821. The highest BCUT2D eigenvalue weighted by atomic mass is 19.1. The van der Waals surface area contributed by atoms with Gasteiger partial charge in [0.1, 0.15) is 18.7 Å². The van der Waals surface area contributed by atoms with Crippen LogP contribution < -0.4 is 5.32 Å². The lowest BCUT2D eigenvalue weighted by molar-refractivity contribution is -0.0888. The van der Waals surface area contributed by atoms with Gasteiger partial charge in [-0.05, 0) is 24.5 Å². The number of amides is 1. The summed E-state index contributed by atoms with van der Waals surface area (Å²) < 4.78 is 24.3. The van der Waals surface area contributed by atoms with Gasteiger partial charge < -0.3 is 19.9 Å². The van der Waals surface area contributed by atoms with Gasteiger partial charge in [0.15, 0.2) is 0 Å². The molecule has 0 aliphatic heterocycles. The van der Waals surface area contributed by atoms with Gasteiger partial charge >= 0.3 is 6.09 Å². The van der Waals surface area contributed by atoms with Crippen LogP contribution in [0.5, 0.6) is 0 Å². The summed E-state index contributed by atoms with van der Waals surface area (Å²) in [5.41, 5.74) is 1.27. The lowest BCUT2D eigenvalue weighted by Gasteiger charge is -2.33. The van der Waals surface area contributed by atoms with Gasteiger partial charge in [-0.1, -0.05) is 12.1 Å². The molecule has 0 spiro atoms. The zero-order valence-electron chi connectivity index (χ0n) is 10.6. The van der Waals surface area contributed by atoms with Crippen molar-refractivity contribution in [2.75, 3.05) is 13.9 Å². The zero-order chi connectivity index (χ0) is 13.8. The van der Waals surface area contributed by atoms with E-state index < -0.39 is 18.2 Å². The minimum Gasteiger partial charge on any atom is -0.465 e. The molecule has 0 fully saturated rings. The average Bonchev–Trinajstić information content (AvgIpc) is 2.37. The van der Waals surface area contributed by atoms with E-state index in [1.54, 1.807) is 6.07 Å². The minimum absolute atomic E-state index is 0.0176. The number of rotatable bonds is 4. The molecule has 2 rings (SSSR count). The Morgan fingerprint density at radius 3 is 3.05 bits per heavy atom. The van der Waals surface area contributed by atoms with Crippen LogP contribution in [0.25, 0.3) is 0 Å². The molecule has 0 heterocycles. The SMILES string of the molecule is COCO[C@H]1c2c(F)cccc2CC[C@H]1NC(=O)O. The highest BCUT2D eigenvalue weighted by molar-refractivity contribution is 5.65. The van der Waals surface area contributed by atoms with Gasteiger partial charge in [0.25, 0.3) is 0 Å². The molecular weight excluding hydrogens is 253 g/mol. The highest BCUT2D eigenvalue weighted by Gasteiger charge is 2.33. The standard InChI is InChI=1S/C13H16FNO4/c1-18-7-19-12-10(15-13(16)17)6-5-8-3-2-4-9(14)11(8)12/h2-4,10,12,15H,5-7H2,1H3,(H,16,17)/t10-,12-/m1/s1. The van der Waals surface area contributed by atoms with Gasteiger partial charge in [0, 0.05) is 12.7 Å². The second-order valence-electron chi connectivity index (χ2n) is 4.40. The van der Waals surface area contributed by atoms with Crippen LogP contribution in [-0.4, -0.2) is 31.1 Å². The van der Waals surface area contributed by atoms with Crippen LogP contribution in [0.15, 0.2) is 18.2 Å². The number of methoxy groups -OCH3 is 1. The fraction of sp³-hybridized carbons (Fsp3) is 0.462. The molecule has 1 aliphatic rings. The molecular formula is C13H16FNO4. The summed E-state index contributed by atoms with van der Waals surface area (Å²) >= 11 is 0. The molecule has 0 aromatic heterocycles. The van der Waals surface area contributed by atoms with Crippen LogP contribution in [0.3, 0.4) is 0 Å². The molecule has 104 valence electrons. The van der Waals surface area contributed by atoms with Crippen LogP contribution in [-0.2, 0) is 15.9 Å². The Hall–Kier alpha value is -1.66. The summed E-state index contributed by atoms with van der Waals surface area (Å²) in [5.74, 6) is -0.379. The molecule has 5 nitrogen and oxygen atoms in total. The molecule has 1 aromatic rings. The van der Waals surface area contributed by atoms with E-state index in [0.717, 1.165) is 5.56 Å². The molecule has 0 radical (unpaired) electrons. The fourth-order valence-corrected chi connectivity index (χ4v) is 2.43. The third-order valence-electron chi connectivity index (χ3n) is 3.19. The van der Waals surface area contributed by atoms with E-state index in [1.807, 2.05) is 6.07 Å². The average molecular weight is 269 g/mol. The van der Waals surface area contributed by atoms with Gasteiger partial charge in [0.05, 0.1) is 6.04 Å². The molecule has 1 aromatic carbocycles. The maximum atomic E-state index is 14.0. The van der Waals surface area contributed by atoms with Crippen LogP contribution in [0.2, 0.25) is 0 Å². The van der Waals surface area contributed by atoms with E-state index in [0.29, 0.717) is 18.4 Å². The first-order valence-electron chi connectivity index (χ1n) is 6.00. The van der Waals surface area contributed by atoms with Crippen LogP contribution in [0.1, 0.15) is 23.7 Å². The van der Waals surface area contributed by atoms with Crippen LogP contribution >= 0.6 is 0 Å². The number of halogens is 1. The molecule has 0 saturated carbocycles. The Kier molecular flexibility index (Phi) is 4.34. The maximum absolute atomic E-state index is 14.0. The van der Waals surface area contributed by atoms with Crippen molar-refractivity contribution in [2.24, 2.45) is 0 Å². The van der Waals surface area contributed by atoms with Crippen molar-refractivity contribution in [3.63, 3.8) is 0 Å². The van der Waals surface area contributed by atoms with Gasteiger partial charge in [-0.15, -0.1) is 0 Å². The van der Waals surface area contributed by atoms with E-state index in [1.165, 1.54) is 13.2 Å². The van der Waals surface area contributed by atoms with E-state index in [2.05, 4.69) is 5.32 Å². The molecule has 1 amide bonds. The van der Waals surface area contributed by atoms with Gasteiger partial charge in [-0.2, -0.15) is 0 Å². The van der Waals surface area contributed by atoms with Crippen molar-refractivity contribution in [3.05, 3.63) is 35.1 Å². The molecule has 1 aliphatic carbocycles. The van der Waals surface area contributed by atoms with E-state index in [9.17, 15) is 9.18 Å². The predicted octanol–water partition coefficient (Wildman–Crippen LogP) is 2.07. The van der Waals surface area contributed by atoms with Gasteiger partial charge in [-0.3, -0.25) is 0 Å². The van der Waals surface area contributed by atoms with Crippen molar-refractivity contribution >= 4 is 6.09 Å². The van der Waals surface area contributed by atoms with E-state index in [-0.39, 0.29) is 12.6 Å². The Labute approximate surface area is 110 Å². The summed E-state index contributed by atoms with van der Waals surface area (Å²) in [4.78, 5) is 10.8. The topological polar surface area (TPSA) is 67.8 Å². The van der Waals surface area contributed by atoms with E-state index >= 15 is 0 Å². The summed E-state index contributed by atoms with van der Waals surface area (Å²) in [6.07, 6.45) is -0.626. The van der Waals surface area contributed by atoms with Crippen molar-refractivity contribution in [3.8, 4) is 0 Å². The molecule has 2 N–H and O–H groups in total. The number of benzene rings is 1. The van der Waals surface area contributed by atoms with Crippen LogP contribution in [0, 0.1) is 5.82 Å². The largest absolute Gasteiger partial charge is 0.465 e. The van der Waals surface area contributed by atoms with Gasteiger partial charge in [-0.25, -0.2) is 9.18 Å². The Morgan fingerprint density at radius 2 is 2.37 bits per heavy atom. The summed E-state index contributed by atoms with van der Waals surface area (Å²) in [7, 11) is 1.46. The summed E-state index contributed by atoms with van der Waals surface area (Å²) in [6, 6.07) is 4.35. The number of hydrogen-bond donors (Lipinski definition) is 2. The molecule has 6 heteroatoms. The first-order valence-corrected chi connectivity index (χ1v) is 6.00. The number of carboxylic acid groups (broad SMARTS) is 1. The van der Waals surface area contributed by atoms with Crippen molar-refractivity contribution in [1.29, 1.82) is 0 Å².